The molecule has 2 atom stereocenters. The molecule has 100 valence electrons. The van der Waals surface area contributed by atoms with Crippen LogP contribution in [-0.4, -0.2) is 20.8 Å². The molecule has 2 fully saturated rings. The lowest BCUT2D eigenvalue weighted by molar-refractivity contribution is 0.0920. The zero-order valence-corrected chi connectivity index (χ0v) is 13.2. The van der Waals surface area contributed by atoms with Crippen LogP contribution in [0.5, 0.6) is 0 Å². The fourth-order valence-electron chi connectivity index (χ4n) is 3.18. The average molecular weight is 256 g/mol. The van der Waals surface area contributed by atoms with Gasteiger partial charge in [-0.2, -0.15) is 0 Å². The maximum Gasteiger partial charge on any atom is 0.348 e. The van der Waals surface area contributed by atoms with E-state index in [1.165, 1.54) is 19.3 Å². The standard InChI is InChI=1S/C14H28O2Si/c1-10(2)15-17(13-7-8-13,16-11(3)4)14(6)9-12(14)5/h10-13H,7-9H2,1-6H3. The first kappa shape index (κ1) is 13.6. The van der Waals surface area contributed by atoms with Crippen molar-refractivity contribution in [3.8, 4) is 0 Å². The van der Waals surface area contributed by atoms with Gasteiger partial charge in [-0.1, -0.05) is 13.8 Å². The summed E-state index contributed by atoms with van der Waals surface area (Å²) in [5.41, 5.74) is 0.752. The number of hydrogen-bond donors (Lipinski definition) is 0. The molecule has 0 aliphatic heterocycles. The third-order valence-corrected chi connectivity index (χ3v) is 9.97. The van der Waals surface area contributed by atoms with Crippen LogP contribution in [-0.2, 0) is 8.85 Å². The molecule has 0 bridgehead atoms. The molecule has 3 heteroatoms. The summed E-state index contributed by atoms with van der Waals surface area (Å²) < 4.78 is 13.0. The number of hydrogen-bond acceptors (Lipinski definition) is 2. The topological polar surface area (TPSA) is 18.5 Å². The molecule has 2 aliphatic rings. The minimum absolute atomic E-state index is 0.297. The van der Waals surface area contributed by atoms with Crippen molar-refractivity contribution in [1.29, 1.82) is 0 Å². The molecule has 0 heterocycles. The van der Waals surface area contributed by atoms with Gasteiger partial charge in [-0.15, -0.1) is 0 Å². The Hall–Kier alpha value is 0.137. The summed E-state index contributed by atoms with van der Waals surface area (Å²) in [6.07, 6.45) is 4.55. The van der Waals surface area contributed by atoms with Gasteiger partial charge in [0.05, 0.1) is 0 Å². The van der Waals surface area contributed by atoms with Gasteiger partial charge in [-0.25, -0.2) is 0 Å². The highest BCUT2D eigenvalue weighted by molar-refractivity contribution is 6.74. The van der Waals surface area contributed by atoms with Crippen LogP contribution in [0.3, 0.4) is 0 Å². The molecule has 17 heavy (non-hydrogen) atoms. The molecule has 0 amide bonds. The molecule has 0 N–H and O–H groups in total. The molecule has 2 unspecified atom stereocenters. The number of rotatable bonds is 6. The van der Waals surface area contributed by atoms with Crippen LogP contribution in [0.2, 0.25) is 10.6 Å². The zero-order chi connectivity index (χ0) is 12.8. The van der Waals surface area contributed by atoms with E-state index in [2.05, 4.69) is 41.5 Å². The quantitative estimate of drug-likeness (QED) is 0.662. The van der Waals surface area contributed by atoms with E-state index in [1.807, 2.05) is 0 Å². The Morgan fingerprint density at radius 1 is 1.06 bits per heavy atom. The molecule has 0 radical (unpaired) electrons. The average Bonchev–Trinajstić information content (AvgIpc) is 3.02. The first-order chi connectivity index (χ1) is 7.82. The first-order valence-electron chi connectivity index (χ1n) is 7.17. The molecule has 2 rings (SSSR count). The Morgan fingerprint density at radius 2 is 1.47 bits per heavy atom. The van der Waals surface area contributed by atoms with Crippen molar-refractivity contribution < 1.29 is 8.85 Å². The predicted octanol–water partition coefficient (Wildman–Crippen LogP) is 4.24. The van der Waals surface area contributed by atoms with Gasteiger partial charge in [0, 0.05) is 22.8 Å². The van der Waals surface area contributed by atoms with Crippen molar-refractivity contribution in [3.63, 3.8) is 0 Å². The van der Waals surface area contributed by atoms with E-state index in [0.717, 1.165) is 11.5 Å². The maximum atomic E-state index is 6.49. The Labute approximate surface area is 107 Å². The Balaban J connectivity index is 2.25. The highest BCUT2D eigenvalue weighted by Gasteiger charge is 2.72. The van der Waals surface area contributed by atoms with E-state index in [9.17, 15) is 0 Å². The third kappa shape index (κ3) is 2.34. The van der Waals surface area contributed by atoms with E-state index in [1.54, 1.807) is 0 Å². The SMILES string of the molecule is CC(C)O[Si](OC(C)C)(C1CC1)C1(C)CC1C. The van der Waals surface area contributed by atoms with Crippen LogP contribution >= 0.6 is 0 Å². The second-order valence-corrected chi connectivity index (χ2v) is 10.6. The maximum absolute atomic E-state index is 6.49. The van der Waals surface area contributed by atoms with Crippen LogP contribution < -0.4 is 0 Å². The molecular weight excluding hydrogens is 228 g/mol. The molecular formula is C14H28O2Si. The van der Waals surface area contributed by atoms with Gasteiger partial charge in [0.15, 0.2) is 0 Å². The van der Waals surface area contributed by atoms with E-state index in [0.29, 0.717) is 17.2 Å². The molecule has 2 saturated carbocycles. The monoisotopic (exact) mass is 256 g/mol. The van der Waals surface area contributed by atoms with E-state index >= 15 is 0 Å². The lowest BCUT2D eigenvalue weighted by atomic mass is 10.4. The van der Waals surface area contributed by atoms with Crippen molar-refractivity contribution in [3.05, 3.63) is 0 Å². The first-order valence-corrected chi connectivity index (χ1v) is 9.07. The summed E-state index contributed by atoms with van der Waals surface area (Å²) in [7, 11) is -2.04. The smallest absolute Gasteiger partial charge is 0.348 e. The van der Waals surface area contributed by atoms with Crippen molar-refractivity contribution in [2.75, 3.05) is 0 Å². The van der Waals surface area contributed by atoms with E-state index < -0.39 is 8.56 Å². The summed E-state index contributed by atoms with van der Waals surface area (Å²) in [5, 5.41) is 0.364. The highest BCUT2D eigenvalue weighted by atomic mass is 28.4. The van der Waals surface area contributed by atoms with E-state index in [-0.39, 0.29) is 0 Å². The Morgan fingerprint density at radius 3 is 1.71 bits per heavy atom. The molecule has 0 saturated heterocycles. The summed E-state index contributed by atoms with van der Waals surface area (Å²) in [6, 6.07) is 0. The second-order valence-electron chi connectivity index (χ2n) is 6.80. The summed E-state index contributed by atoms with van der Waals surface area (Å²) in [4.78, 5) is 0. The van der Waals surface area contributed by atoms with Crippen molar-refractivity contribution in [1.82, 2.24) is 0 Å². The predicted molar refractivity (Wildman–Crippen MR) is 73.3 cm³/mol. The molecule has 0 aromatic carbocycles. The van der Waals surface area contributed by atoms with Crippen LogP contribution in [0, 0.1) is 5.92 Å². The van der Waals surface area contributed by atoms with Crippen molar-refractivity contribution >= 4 is 8.56 Å². The Kier molecular flexibility index (Phi) is 3.48. The van der Waals surface area contributed by atoms with Gasteiger partial charge in [-0.05, 0) is 52.9 Å². The second kappa shape index (κ2) is 4.36. The van der Waals surface area contributed by atoms with Crippen LogP contribution in [0.4, 0.5) is 0 Å². The summed E-state index contributed by atoms with van der Waals surface area (Å²) in [5.74, 6) is 0.785. The van der Waals surface area contributed by atoms with Gasteiger partial charge >= 0.3 is 8.56 Å². The summed E-state index contributed by atoms with van der Waals surface area (Å²) in [6.45, 7) is 13.4. The molecule has 0 aromatic heterocycles. The van der Waals surface area contributed by atoms with Gasteiger partial charge < -0.3 is 8.85 Å². The van der Waals surface area contributed by atoms with Gasteiger partial charge in [0.25, 0.3) is 0 Å². The highest BCUT2D eigenvalue weighted by Crippen LogP contribution is 2.72. The van der Waals surface area contributed by atoms with Gasteiger partial charge in [0.1, 0.15) is 0 Å². The Bertz CT molecular complexity index is 276. The third-order valence-electron chi connectivity index (χ3n) is 4.39. The van der Waals surface area contributed by atoms with Crippen LogP contribution in [0.1, 0.15) is 60.8 Å². The van der Waals surface area contributed by atoms with Crippen molar-refractivity contribution in [2.45, 2.75) is 83.6 Å². The van der Waals surface area contributed by atoms with Crippen LogP contribution in [0.25, 0.3) is 0 Å². The zero-order valence-electron chi connectivity index (χ0n) is 12.2. The molecule has 2 aliphatic carbocycles. The normalized spacial score (nSPS) is 33.5. The van der Waals surface area contributed by atoms with Crippen LogP contribution in [0.15, 0.2) is 0 Å². The minimum atomic E-state index is -2.04. The van der Waals surface area contributed by atoms with E-state index in [4.69, 9.17) is 8.85 Å². The van der Waals surface area contributed by atoms with Gasteiger partial charge in [0.2, 0.25) is 0 Å². The van der Waals surface area contributed by atoms with Gasteiger partial charge in [-0.3, -0.25) is 0 Å². The fraction of sp³-hybridized carbons (Fsp3) is 1.00. The minimum Gasteiger partial charge on any atom is -0.391 e. The fourth-order valence-corrected chi connectivity index (χ4v) is 8.70. The molecule has 2 nitrogen and oxygen atoms in total. The summed E-state index contributed by atoms with van der Waals surface area (Å²) >= 11 is 0. The lowest BCUT2D eigenvalue weighted by Gasteiger charge is -2.40. The van der Waals surface area contributed by atoms with Crippen molar-refractivity contribution in [2.24, 2.45) is 5.92 Å². The molecule has 0 spiro atoms. The molecule has 0 aromatic rings. The largest absolute Gasteiger partial charge is 0.391 e. The lowest BCUT2D eigenvalue weighted by Crippen LogP contribution is -2.51.